The summed E-state index contributed by atoms with van der Waals surface area (Å²) in [5.41, 5.74) is -2.60. The average Bonchev–Trinajstić information content (AvgIpc) is 2.44. The third-order valence-electron chi connectivity index (χ3n) is 3.64. The molecule has 0 amide bonds. The van der Waals surface area contributed by atoms with Crippen LogP contribution >= 0.6 is 0 Å². The summed E-state index contributed by atoms with van der Waals surface area (Å²) in [4.78, 5) is 26.4. The molecule has 9 heteroatoms. The second-order valence-electron chi connectivity index (χ2n) is 5.18. The summed E-state index contributed by atoms with van der Waals surface area (Å²) < 4.78 is 39.7. The molecule has 2 rings (SSSR count). The predicted molar refractivity (Wildman–Crippen MR) is 75.8 cm³/mol. The highest BCUT2D eigenvalue weighted by atomic mass is 19.4. The largest absolute Gasteiger partial charge is 0.478 e. The van der Waals surface area contributed by atoms with Crippen molar-refractivity contribution in [3.63, 3.8) is 0 Å². The molecule has 128 valence electrons. The molecule has 1 aromatic rings. The van der Waals surface area contributed by atoms with Gasteiger partial charge in [-0.15, -0.1) is 0 Å². The smallest absolute Gasteiger partial charge is 0.433 e. The number of alkyl halides is 3. The van der Waals surface area contributed by atoms with Crippen molar-refractivity contribution in [2.45, 2.75) is 25.9 Å². The highest BCUT2D eigenvalue weighted by Gasteiger charge is 2.43. The summed E-state index contributed by atoms with van der Waals surface area (Å²) in [6, 6.07) is 2.24. The number of nitrogens with zero attached hydrogens (tertiary/aromatic N) is 1. The number of aliphatic carboxylic acids is 2. The van der Waals surface area contributed by atoms with Crippen molar-refractivity contribution in [3.8, 4) is 0 Å². The maximum Gasteiger partial charge on any atom is 0.433 e. The first-order valence-electron chi connectivity index (χ1n) is 6.73. The Balaban J connectivity index is 2.82. The molecule has 1 aromatic heterocycles. The van der Waals surface area contributed by atoms with Crippen LogP contribution in [0, 0.1) is 0 Å². The minimum atomic E-state index is -4.85. The molecular formula is C15H13F3N2O4. The number of hydrogen-bond donors (Lipinski definition) is 3. The van der Waals surface area contributed by atoms with Gasteiger partial charge in [-0.3, -0.25) is 4.98 Å². The monoisotopic (exact) mass is 342 g/mol. The average molecular weight is 342 g/mol. The quantitative estimate of drug-likeness (QED) is 0.780. The van der Waals surface area contributed by atoms with Gasteiger partial charge in [0.25, 0.3) is 0 Å². The molecule has 0 fully saturated rings. The number of halogens is 3. The fourth-order valence-corrected chi connectivity index (χ4v) is 2.76. The molecule has 0 aliphatic carbocycles. The minimum Gasteiger partial charge on any atom is -0.478 e. The van der Waals surface area contributed by atoms with Crippen molar-refractivity contribution in [1.82, 2.24) is 10.3 Å². The number of carboxylic acids is 2. The summed E-state index contributed by atoms with van der Waals surface area (Å²) in [5, 5.41) is 21.4. The van der Waals surface area contributed by atoms with E-state index in [1.54, 1.807) is 0 Å². The van der Waals surface area contributed by atoms with E-state index in [0.29, 0.717) is 0 Å². The van der Waals surface area contributed by atoms with E-state index in [0.717, 1.165) is 12.3 Å². The van der Waals surface area contributed by atoms with E-state index in [9.17, 15) is 33.0 Å². The van der Waals surface area contributed by atoms with Crippen LogP contribution in [0.25, 0.3) is 0 Å². The second-order valence-corrected chi connectivity index (χ2v) is 5.18. The van der Waals surface area contributed by atoms with Crippen molar-refractivity contribution < 1.29 is 33.0 Å². The Hall–Kier alpha value is -2.84. The number of dihydropyridines is 1. The Bertz CT molecular complexity index is 745. The molecule has 0 aromatic carbocycles. The van der Waals surface area contributed by atoms with E-state index >= 15 is 0 Å². The number of carboxylic acid groups (broad SMARTS) is 2. The van der Waals surface area contributed by atoms with Crippen LogP contribution in [0.4, 0.5) is 13.2 Å². The van der Waals surface area contributed by atoms with Gasteiger partial charge >= 0.3 is 18.1 Å². The Morgan fingerprint density at radius 3 is 2.04 bits per heavy atom. The summed E-state index contributed by atoms with van der Waals surface area (Å²) in [6.07, 6.45) is -3.93. The molecule has 0 spiro atoms. The Morgan fingerprint density at radius 1 is 1.12 bits per heavy atom. The fraction of sp³-hybridized carbons (Fsp3) is 0.267. The molecule has 1 aliphatic heterocycles. The van der Waals surface area contributed by atoms with Gasteiger partial charge in [-0.05, 0) is 25.5 Å². The molecule has 1 aliphatic rings. The van der Waals surface area contributed by atoms with Gasteiger partial charge in [0.05, 0.1) is 17.1 Å². The predicted octanol–water partition coefficient (Wildman–Crippen LogP) is 2.50. The van der Waals surface area contributed by atoms with Crippen LogP contribution < -0.4 is 5.32 Å². The lowest BCUT2D eigenvalue weighted by Gasteiger charge is -2.29. The number of hydrogen-bond acceptors (Lipinski definition) is 4. The molecule has 0 saturated heterocycles. The van der Waals surface area contributed by atoms with Crippen LogP contribution in [0.1, 0.15) is 31.0 Å². The first-order chi connectivity index (χ1) is 11.1. The summed E-state index contributed by atoms with van der Waals surface area (Å²) in [5.74, 6) is -4.60. The molecule has 6 nitrogen and oxygen atoms in total. The molecule has 24 heavy (non-hydrogen) atoms. The maximum atomic E-state index is 13.2. The molecule has 2 heterocycles. The number of pyridine rings is 1. The third-order valence-corrected chi connectivity index (χ3v) is 3.64. The standard InChI is InChI=1S/C15H13F3N2O4/c1-6-9(13(21)22)11(10(14(23)24)7(2)20-6)8-4-3-5-19-12(8)15(16,17)18/h3-5,11,20H,1-2H3,(H,21,22)(H,23,24). The number of nitrogens with one attached hydrogen (secondary N) is 1. The summed E-state index contributed by atoms with van der Waals surface area (Å²) in [7, 11) is 0. The highest BCUT2D eigenvalue weighted by molar-refractivity contribution is 5.98. The zero-order chi connectivity index (χ0) is 18.2. The van der Waals surface area contributed by atoms with Crippen LogP contribution in [0.3, 0.4) is 0 Å². The van der Waals surface area contributed by atoms with Gasteiger partial charge in [0.2, 0.25) is 0 Å². The van der Waals surface area contributed by atoms with Crippen LogP contribution in [-0.2, 0) is 15.8 Å². The Morgan fingerprint density at radius 2 is 1.62 bits per heavy atom. The summed E-state index contributed by atoms with van der Waals surface area (Å²) in [6.45, 7) is 2.73. The van der Waals surface area contributed by atoms with E-state index in [1.165, 1.54) is 19.9 Å². The molecule has 0 atom stereocenters. The van der Waals surface area contributed by atoms with E-state index < -0.39 is 46.4 Å². The van der Waals surface area contributed by atoms with Gasteiger partial charge in [-0.25, -0.2) is 9.59 Å². The number of rotatable bonds is 3. The first kappa shape index (κ1) is 17.5. The topological polar surface area (TPSA) is 99.5 Å². The second kappa shape index (κ2) is 5.99. The van der Waals surface area contributed by atoms with Gasteiger partial charge in [-0.2, -0.15) is 13.2 Å². The minimum absolute atomic E-state index is 0.0759. The van der Waals surface area contributed by atoms with Crippen molar-refractivity contribution in [3.05, 3.63) is 52.1 Å². The Labute approximate surface area is 134 Å². The van der Waals surface area contributed by atoms with Crippen molar-refractivity contribution in [2.24, 2.45) is 0 Å². The van der Waals surface area contributed by atoms with Gasteiger partial charge in [-0.1, -0.05) is 6.07 Å². The number of allylic oxidation sites excluding steroid dienone is 2. The van der Waals surface area contributed by atoms with Crippen LogP contribution in [0.15, 0.2) is 40.9 Å². The lowest BCUT2D eigenvalue weighted by molar-refractivity contribution is -0.142. The molecular weight excluding hydrogens is 329 g/mol. The van der Waals surface area contributed by atoms with Gasteiger partial charge in [0, 0.05) is 17.6 Å². The molecule has 0 bridgehead atoms. The number of carbonyl (C=O) groups is 2. The Kier molecular flexibility index (Phi) is 4.37. The lowest BCUT2D eigenvalue weighted by atomic mass is 9.79. The van der Waals surface area contributed by atoms with Gasteiger partial charge < -0.3 is 15.5 Å². The van der Waals surface area contributed by atoms with Crippen molar-refractivity contribution >= 4 is 11.9 Å². The van der Waals surface area contributed by atoms with E-state index in [1.807, 2.05) is 0 Å². The molecule has 0 radical (unpaired) electrons. The van der Waals surface area contributed by atoms with E-state index in [4.69, 9.17) is 0 Å². The zero-order valence-electron chi connectivity index (χ0n) is 12.6. The highest BCUT2D eigenvalue weighted by Crippen LogP contribution is 2.42. The van der Waals surface area contributed by atoms with Gasteiger partial charge in [0.1, 0.15) is 5.69 Å². The SMILES string of the molecule is CC1=C(C(=O)O)C(c2cccnc2C(F)(F)F)C(C(=O)O)=C(C)N1. The van der Waals surface area contributed by atoms with Crippen molar-refractivity contribution in [2.75, 3.05) is 0 Å². The summed E-state index contributed by atoms with van der Waals surface area (Å²) >= 11 is 0. The first-order valence-corrected chi connectivity index (χ1v) is 6.73. The lowest BCUT2D eigenvalue weighted by Crippen LogP contribution is -2.32. The van der Waals surface area contributed by atoms with Gasteiger partial charge in [0.15, 0.2) is 0 Å². The normalized spacial score (nSPS) is 16.2. The van der Waals surface area contributed by atoms with Crippen LogP contribution in [0.5, 0.6) is 0 Å². The molecule has 3 N–H and O–H groups in total. The maximum absolute atomic E-state index is 13.2. The van der Waals surface area contributed by atoms with Crippen LogP contribution in [-0.4, -0.2) is 27.1 Å². The third kappa shape index (κ3) is 2.97. The molecule has 0 saturated carbocycles. The zero-order valence-corrected chi connectivity index (χ0v) is 12.6. The number of aromatic nitrogens is 1. The van der Waals surface area contributed by atoms with Crippen LogP contribution in [0.2, 0.25) is 0 Å². The van der Waals surface area contributed by atoms with Crippen molar-refractivity contribution in [1.29, 1.82) is 0 Å². The fourth-order valence-electron chi connectivity index (χ4n) is 2.76. The van der Waals surface area contributed by atoms with E-state index in [-0.39, 0.29) is 11.4 Å². The van der Waals surface area contributed by atoms with E-state index in [2.05, 4.69) is 10.3 Å². The molecule has 0 unspecified atom stereocenters.